The van der Waals surface area contributed by atoms with Crippen molar-refractivity contribution >= 4 is 5.91 Å². The molecule has 0 fully saturated rings. The molecule has 1 amide bonds. The van der Waals surface area contributed by atoms with Crippen LogP contribution in [0.5, 0.6) is 17.2 Å². The molecule has 2 aromatic carbocycles. The molecule has 3 rings (SSSR count). The van der Waals surface area contributed by atoms with Crippen molar-refractivity contribution in [1.29, 1.82) is 0 Å². The van der Waals surface area contributed by atoms with Gasteiger partial charge in [0.05, 0.1) is 21.3 Å². The fraction of sp³-hybridized carbons (Fsp3) is 0.286. The quantitative estimate of drug-likeness (QED) is 0.575. The van der Waals surface area contributed by atoms with Crippen LogP contribution >= 0.6 is 0 Å². The van der Waals surface area contributed by atoms with Crippen LogP contribution in [-0.4, -0.2) is 48.8 Å². The van der Waals surface area contributed by atoms with E-state index in [2.05, 4.69) is 10.1 Å². The van der Waals surface area contributed by atoms with E-state index in [1.807, 2.05) is 31.2 Å². The van der Waals surface area contributed by atoms with Gasteiger partial charge >= 0.3 is 0 Å². The molecule has 8 heteroatoms. The average Bonchev–Trinajstić information content (AvgIpc) is 3.25. The van der Waals surface area contributed by atoms with Crippen LogP contribution in [0.4, 0.5) is 0 Å². The van der Waals surface area contributed by atoms with E-state index in [1.54, 1.807) is 30.2 Å². The lowest BCUT2D eigenvalue weighted by molar-refractivity contribution is 0.0727. The predicted molar refractivity (Wildman–Crippen MR) is 106 cm³/mol. The predicted octanol–water partition coefficient (Wildman–Crippen LogP) is 3.42. The number of nitrogens with zero attached hydrogens (tertiary/aromatic N) is 3. The molecule has 1 heterocycles. The first kappa shape index (κ1) is 20.2. The Hall–Kier alpha value is -3.55. The third-order valence-electron chi connectivity index (χ3n) is 4.43. The number of amides is 1. The van der Waals surface area contributed by atoms with E-state index in [0.29, 0.717) is 41.1 Å². The van der Waals surface area contributed by atoms with Crippen LogP contribution in [0.2, 0.25) is 0 Å². The number of rotatable bonds is 8. The van der Waals surface area contributed by atoms with E-state index in [0.717, 1.165) is 5.56 Å². The molecule has 3 aromatic rings. The monoisotopic (exact) mass is 397 g/mol. The van der Waals surface area contributed by atoms with Crippen molar-refractivity contribution in [3.05, 3.63) is 53.9 Å². The van der Waals surface area contributed by atoms with E-state index in [-0.39, 0.29) is 12.5 Å². The SMILES string of the molecule is CCN(Cc1nc(-c2cccc(OC)c2)no1)C(=O)c1c(OC)cccc1OC. The highest BCUT2D eigenvalue weighted by Gasteiger charge is 2.24. The number of ether oxygens (including phenoxy) is 3. The molecular weight excluding hydrogens is 374 g/mol. The van der Waals surface area contributed by atoms with Gasteiger partial charge in [-0.25, -0.2) is 0 Å². The maximum Gasteiger partial charge on any atom is 0.261 e. The fourth-order valence-corrected chi connectivity index (χ4v) is 2.91. The zero-order valence-electron chi connectivity index (χ0n) is 16.8. The number of hydrogen-bond donors (Lipinski definition) is 0. The van der Waals surface area contributed by atoms with E-state index >= 15 is 0 Å². The largest absolute Gasteiger partial charge is 0.497 e. The average molecular weight is 397 g/mol. The van der Waals surface area contributed by atoms with Gasteiger partial charge < -0.3 is 23.6 Å². The first-order valence-electron chi connectivity index (χ1n) is 9.08. The Morgan fingerprint density at radius 1 is 1.03 bits per heavy atom. The summed E-state index contributed by atoms with van der Waals surface area (Å²) in [5.74, 6) is 2.08. The van der Waals surface area contributed by atoms with E-state index in [1.165, 1.54) is 14.2 Å². The number of methoxy groups -OCH3 is 3. The van der Waals surface area contributed by atoms with Crippen LogP contribution in [0.1, 0.15) is 23.2 Å². The van der Waals surface area contributed by atoms with Crippen molar-refractivity contribution in [3.63, 3.8) is 0 Å². The van der Waals surface area contributed by atoms with Gasteiger partial charge in [-0.3, -0.25) is 4.79 Å². The minimum Gasteiger partial charge on any atom is -0.497 e. The Labute approximate surface area is 169 Å². The summed E-state index contributed by atoms with van der Waals surface area (Å²) < 4.78 is 21.3. The molecule has 0 spiro atoms. The maximum absolute atomic E-state index is 13.2. The Morgan fingerprint density at radius 3 is 2.34 bits per heavy atom. The van der Waals surface area contributed by atoms with E-state index < -0.39 is 0 Å². The lowest BCUT2D eigenvalue weighted by Gasteiger charge is -2.21. The molecule has 0 saturated carbocycles. The Kier molecular flexibility index (Phi) is 6.33. The van der Waals surface area contributed by atoms with Gasteiger partial charge in [-0.15, -0.1) is 0 Å². The lowest BCUT2D eigenvalue weighted by atomic mass is 10.1. The smallest absolute Gasteiger partial charge is 0.261 e. The highest BCUT2D eigenvalue weighted by Crippen LogP contribution is 2.30. The molecule has 0 aliphatic heterocycles. The van der Waals surface area contributed by atoms with Gasteiger partial charge in [-0.05, 0) is 31.2 Å². The van der Waals surface area contributed by atoms with Gasteiger partial charge in [0, 0.05) is 12.1 Å². The zero-order chi connectivity index (χ0) is 20.8. The molecule has 0 radical (unpaired) electrons. The summed E-state index contributed by atoms with van der Waals surface area (Å²) in [6.45, 7) is 2.48. The van der Waals surface area contributed by atoms with Crippen LogP contribution < -0.4 is 14.2 Å². The molecule has 0 unspecified atom stereocenters. The minimum absolute atomic E-state index is 0.160. The summed E-state index contributed by atoms with van der Waals surface area (Å²) >= 11 is 0. The van der Waals surface area contributed by atoms with Crippen molar-refractivity contribution in [3.8, 4) is 28.6 Å². The van der Waals surface area contributed by atoms with Gasteiger partial charge in [-0.1, -0.05) is 23.4 Å². The van der Waals surface area contributed by atoms with Gasteiger partial charge in [-0.2, -0.15) is 4.98 Å². The summed E-state index contributed by atoms with van der Waals surface area (Å²) in [6.07, 6.45) is 0. The van der Waals surface area contributed by atoms with Crippen LogP contribution in [0, 0.1) is 0 Å². The number of hydrogen-bond acceptors (Lipinski definition) is 7. The van der Waals surface area contributed by atoms with Crippen molar-refractivity contribution < 1.29 is 23.5 Å². The van der Waals surface area contributed by atoms with Crippen LogP contribution in [0.3, 0.4) is 0 Å². The highest BCUT2D eigenvalue weighted by molar-refractivity contribution is 5.99. The lowest BCUT2D eigenvalue weighted by Crippen LogP contribution is -2.31. The molecule has 0 bridgehead atoms. The molecule has 152 valence electrons. The zero-order valence-corrected chi connectivity index (χ0v) is 16.8. The maximum atomic E-state index is 13.2. The summed E-state index contributed by atoms with van der Waals surface area (Å²) in [7, 11) is 4.62. The molecule has 0 saturated heterocycles. The molecule has 0 atom stereocenters. The Morgan fingerprint density at radius 2 is 1.72 bits per heavy atom. The summed E-state index contributed by atoms with van der Waals surface area (Å²) in [5.41, 5.74) is 1.12. The van der Waals surface area contributed by atoms with Crippen LogP contribution in [0.25, 0.3) is 11.4 Å². The summed E-state index contributed by atoms with van der Waals surface area (Å²) in [6, 6.07) is 12.6. The Bertz CT molecular complexity index is 964. The number of aromatic nitrogens is 2. The molecule has 0 aliphatic rings. The minimum atomic E-state index is -0.247. The number of carbonyl (C=O) groups excluding carboxylic acids is 1. The summed E-state index contributed by atoms with van der Waals surface area (Å²) in [4.78, 5) is 19.2. The van der Waals surface area contributed by atoms with Crippen LogP contribution in [0.15, 0.2) is 47.0 Å². The molecular formula is C21H23N3O5. The summed E-state index contributed by atoms with van der Waals surface area (Å²) in [5, 5.41) is 4.02. The van der Waals surface area contributed by atoms with E-state index in [4.69, 9.17) is 18.7 Å². The molecule has 0 N–H and O–H groups in total. The number of benzene rings is 2. The standard InChI is InChI=1S/C21H23N3O5/c1-5-24(21(25)19-16(27-3)10-7-11-17(19)28-4)13-18-22-20(23-29-18)14-8-6-9-15(12-14)26-2/h6-12H,5,13H2,1-4H3. The second-order valence-corrected chi connectivity index (χ2v) is 6.10. The van der Waals surface area contributed by atoms with Gasteiger partial charge in [0.25, 0.3) is 5.91 Å². The Balaban J connectivity index is 1.84. The first-order valence-corrected chi connectivity index (χ1v) is 9.08. The van der Waals surface area contributed by atoms with Gasteiger partial charge in [0.15, 0.2) is 0 Å². The molecule has 1 aromatic heterocycles. The van der Waals surface area contributed by atoms with Crippen molar-refractivity contribution in [2.24, 2.45) is 0 Å². The normalized spacial score (nSPS) is 10.5. The van der Waals surface area contributed by atoms with E-state index in [9.17, 15) is 4.79 Å². The molecule has 29 heavy (non-hydrogen) atoms. The third kappa shape index (κ3) is 4.31. The second-order valence-electron chi connectivity index (χ2n) is 6.10. The third-order valence-corrected chi connectivity index (χ3v) is 4.43. The number of carbonyl (C=O) groups is 1. The topological polar surface area (TPSA) is 86.9 Å². The van der Waals surface area contributed by atoms with Crippen molar-refractivity contribution in [2.45, 2.75) is 13.5 Å². The van der Waals surface area contributed by atoms with Gasteiger partial charge in [0.2, 0.25) is 11.7 Å². The molecule has 0 aliphatic carbocycles. The molecule has 8 nitrogen and oxygen atoms in total. The fourth-order valence-electron chi connectivity index (χ4n) is 2.91. The second kappa shape index (κ2) is 9.09. The van der Waals surface area contributed by atoms with Crippen LogP contribution in [-0.2, 0) is 6.54 Å². The van der Waals surface area contributed by atoms with Crippen molar-refractivity contribution in [2.75, 3.05) is 27.9 Å². The van der Waals surface area contributed by atoms with Gasteiger partial charge in [0.1, 0.15) is 29.4 Å². The first-order chi connectivity index (χ1) is 14.1. The van der Waals surface area contributed by atoms with Crippen molar-refractivity contribution in [1.82, 2.24) is 15.0 Å². The highest BCUT2D eigenvalue weighted by atomic mass is 16.5.